The Morgan fingerprint density at radius 2 is 1.69 bits per heavy atom. The Kier molecular flexibility index (Phi) is 6.47. The second-order valence-electron chi connectivity index (χ2n) is 8.27. The van der Waals surface area contributed by atoms with E-state index in [0.717, 1.165) is 45.4 Å². The minimum atomic E-state index is -0.550. The zero-order valence-corrected chi connectivity index (χ0v) is 17.0. The first-order valence-electron chi connectivity index (χ1n) is 10.7. The quantitative estimate of drug-likeness (QED) is 0.821. The molecule has 0 radical (unpaired) electrons. The molecule has 0 spiro atoms. The maximum Gasteiger partial charge on any atom is 0.317 e. The van der Waals surface area contributed by atoms with Gasteiger partial charge in [-0.25, -0.2) is 4.79 Å². The van der Waals surface area contributed by atoms with Gasteiger partial charge in [-0.2, -0.15) is 0 Å². The van der Waals surface area contributed by atoms with E-state index in [-0.39, 0.29) is 6.03 Å². The lowest BCUT2D eigenvalue weighted by Gasteiger charge is -2.33. The zero-order chi connectivity index (χ0) is 20.1. The van der Waals surface area contributed by atoms with Gasteiger partial charge < -0.3 is 15.3 Å². The molecular weight excluding hydrogens is 362 g/mol. The van der Waals surface area contributed by atoms with Crippen LogP contribution >= 0.6 is 0 Å². The van der Waals surface area contributed by atoms with E-state index >= 15 is 0 Å². The van der Waals surface area contributed by atoms with Crippen LogP contribution in [0.15, 0.2) is 54.6 Å². The highest BCUT2D eigenvalue weighted by molar-refractivity contribution is 5.74. The summed E-state index contributed by atoms with van der Waals surface area (Å²) in [5, 5.41) is 13.3. The largest absolute Gasteiger partial charge is 0.390 e. The number of urea groups is 1. The third-order valence-electron chi connectivity index (χ3n) is 6.22. The highest BCUT2D eigenvalue weighted by atomic mass is 16.3. The van der Waals surface area contributed by atoms with Crippen LogP contribution in [0.2, 0.25) is 0 Å². The van der Waals surface area contributed by atoms with Crippen LogP contribution in [0.25, 0.3) is 0 Å². The van der Waals surface area contributed by atoms with Gasteiger partial charge in [-0.15, -0.1) is 0 Å². The smallest absolute Gasteiger partial charge is 0.317 e. The van der Waals surface area contributed by atoms with Crippen LogP contribution in [-0.2, 0) is 13.0 Å². The summed E-state index contributed by atoms with van der Waals surface area (Å²) in [4.78, 5) is 16.6. The molecule has 1 fully saturated rings. The summed E-state index contributed by atoms with van der Waals surface area (Å²) in [5.41, 5.74) is 4.12. The highest BCUT2D eigenvalue weighted by Crippen LogP contribution is 2.27. The Labute approximate surface area is 173 Å². The molecule has 29 heavy (non-hydrogen) atoms. The van der Waals surface area contributed by atoms with Gasteiger partial charge in [0, 0.05) is 39.3 Å². The van der Waals surface area contributed by atoms with E-state index in [9.17, 15) is 9.90 Å². The van der Waals surface area contributed by atoms with Crippen molar-refractivity contribution in [2.45, 2.75) is 37.8 Å². The number of piperidine rings is 1. The predicted octanol–water partition coefficient (Wildman–Crippen LogP) is 2.99. The third-order valence-corrected chi connectivity index (χ3v) is 6.22. The van der Waals surface area contributed by atoms with E-state index < -0.39 is 6.10 Å². The maximum absolute atomic E-state index is 12.5. The molecule has 0 aromatic heterocycles. The molecule has 2 aromatic carbocycles. The molecule has 2 aliphatic heterocycles. The van der Waals surface area contributed by atoms with Crippen molar-refractivity contribution in [1.82, 2.24) is 15.1 Å². The second kappa shape index (κ2) is 9.42. The van der Waals surface area contributed by atoms with Crippen LogP contribution in [0.1, 0.15) is 35.4 Å². The second-order valence-corrected chi connectivity index (χ2v) is 8.27. The Balaban J connectivity index is 1.18. The van der Waals surface area contributed by atoms with Gasteiger partial charge in [-0.05, 0) is 41.9 Å². The van der Waals surface area contributed by atoms with Crippen molar-refractivity contribution in [3.8, 4) is 0 Å². The standard InChI is InChI=1S/C24H31N3O2/c28-23(18-26-13-10-20-8-4-5-9-22(20)17-26)16-25-24(29)27-14-11-21(12-15-27)19-6-2-1-3-7-19/h1-9,21,23,28H,10-18H2,(H,25,29). The van der Waals surface area contributed by atoms with Gasteiger partial charge in [0.2, 0.25) is 0 Å². The Morgan fingerprint density at radius 3 is 2.45 bits per heavy atom. The van der Waals surface area contributed by atoms with Gasteiger partial charge in [-0.3, -0.25) is 4.90 Å². The van der Waals surface area contributed by atoms with E-state index in [0.29, 0.717) is 19.0 Å². The minimum absolute atomic E-state index is 0.0560. The SMILES string of the molecule is O=C(NCC(O)CN1CCc2ccccc2C1)N1CCC(c2ccccc2)CC1. The summed E-state index contributed by atoms with van der Waals surface area (Å²) in [7, 11) is 0. The van der Waals surface area contributed by atoms with Gasteiger partial charge in [-0.1, -0.05) is 54.6 Å². The van der Waals surface area contributed by atoms with Gasteiger partial charge >= 0.3 is 6.03 Å². The number of hydrogen-bond donors (Lipinski definition) is 2. The number of carbonyl (C=O) groups excluding carboxylic acids is 1. The molecule has 2 amide bonds. The van der Waals surface area contributed by atoms with E-state index in [1.54, 1.807) is 0 Å². The highest BCUT2D eigenvalue weighted by Gasteiger charge is 2.24. The number of rotatable bonds is 5. The molecule has 0 saturated carbocycles. The third kappa shape index (κ3) is 5.17. The summed E-state index contributed by atoms with van der Waals surface area (Å²) in [6, 6.07) is 19.0. The van der Waals surface area contributed by atoms with E-state index in [1.807, 2.05) is 11.0 Å². The number of benzene rings is 2. The predicted molar refractivity (Wildman–Crippen MR) is 115 cm³/mol. The maximum atomic E-state index is 12.5. The molecule has 2 N–H and O–H groups in total. The van der Waals surface area contributed by atoms with Crippen molar-refractivity contribution in [1.29, 1.82) is 0 Å². The molecular formula is C24H31N3O2. The summed E-state index contributed by atoms with van der Waals surface area (Å²) in [6.07, 6.45) is 2.46. The number of hydrogen-bond acceptors (Lipinski definition) is 3. The molecule has 4 rings (SSSR count). The van der Waals surface area contributed by atoms with Gasteiger partial charge in [0.25, 0.3) is 0 Å². The van der Waals surface area contributed by atoms with Crippen LogP contribution < -0.4 is 5.32 Å². The number of aliphatic hydroxyl groups is 1. The molecule has 1 saturated heterocycles. The Morgan fingerprint density at radius 1 is 1.00 bits per heavy atom. The first-order chi connectivity index (χ1) is 14.2. The lowest BCUT2D eigenvalue weighted by atomic mass is 9.90. The van der Waals surface area contributed by atoms with Crippen molar-refractivity contribution in [2.75, 3.05) is 32.7 Å². The van der Waals surface area contributed by atoms with Crippen LogP contribution in [0.3, 0.4) is 0 Å². The summed E-state index contributed by atoms with van der Waals surface area (Å²) in [6.45, 7) is 4.25. The molecule has 5 nitrogen and oxygen atoms in total. The molecule has 0 bridgehead atoms. The lowest BCUT2D eigenvalue weighted by molar-refractivity contribution is 0.102. The number of carbonyl (C=O) groups is 1. The minimum Gasteiger partial charge on any atom is -0.390 e. The topological polar surface area (TPSA) is 55.8 Å². The molecule has 0 aliphatic carbocycles. The molecule has 1 unspecified atom stereocenters. The molecule has 2 aliphatic rings. The number of nitrogens with one attached hydrogen (secondary N) is 1. The van der Waals surface area contributed by atoms with Crippen molar-refractivity contribution < 1.29 is 9.90 Å². The van der Waals surface area contributed by atoms with Gasteiger partial charge in [0.15, 0.2) is 0 Å². The first kappa shape index (κ1) is 19.9. The molecule has 1 atom stereocenters. The van der Waals surface area contributed by atoms with Gasteiger partial charge in [0.1, 0.15) is 0 Å². The number of likely N-dealkylation sites (tertiary alicyclic amines) is 1. The van der Waals surface area contributed by atoms with Crippen molar-refractivity contribution in [3.63, 3.8) is 0 Å². The monoisotopic (exact) mass is 393 g/mol. The van der Waals surface area contributed by atoms with E-state index in [2.05, 4.69) is 58.7 Å². The fourth-order valence-corrected chi connectivity index (χ4v) is 4.53. The Bertz CT molecular complexity index is 803. The summed E-state index contributed by atoms with van der Waals surface area (Å²) < 4.78 is 0. The van der Waals surface area contributed by atoms with E-state index in [4.69, 9.17) is 0 Å². The number of β-amino-alcohol motifs (C(OH)–C–C–N with tert-alkyl or cyclic N) is 1. The molecule has 154 valence electrons. The summed E-state index contributed by atoms with van der Waals surface area (Å²) >= 11 is 0. The number of nitrogens with zero attached hydrogens (tertiary/aromatic N) is 2. The molecule has 5 heteroatoms. The summed E-state index contributed by atoms with van der Waals surface area (Å²) in [5.74, 6) is 0.535. The van der Waals surface area contributed by atoms with Crippen molar-refractivity contribution >= 4 is 6.03 Å². The van der Waals surface area contributed by atoms with Crippen molar-refractivity contribution in [3.05, 3.63) is 71.3 Å². The normalized spacial score (nSPS) is 18.9. The van der Waals surface area contributed by atoms with Crippen LogP contribution in [0.4, 0.5) is 4.79 Å². The van der Waals surface area contributed by atoms with Crippen molar-refractivity contribution in [2.24, 2.45) is 0 Å². The molecule has 2 aromatic rings. The lowest BCUT2D eigenvalue weighted by Crippen LogP contribution is -2.48. The number of aliphatic hydroxyl groups excluding tert-OH is 1. The average molecular weight is 394 g/mol. The Hall–Kier alpha value is -2.37. The van der Waals surface area contributed by atoms with E-state index in [1.165, 1.54) is 16.7 Å². The number of fused-ring (bicyclic) bond motifs is 1. The van der Waals surface area contributed by atoms with Crippen LogP contribution in [-0.4, -0.2) is 59.8 Å². The van der Waals surface area contributed by atoms with Crippen LogP contribution in [0.5, 0.6) is 0 Å². The fraction of sp³-hybridized carbons (Fsp3) is 0.458. The van der Waals surface area contributed by atoms with Crippen LogP contribution in [0, 0.1) is 0 Å². The molecule has 2 heterocycles. The van der Waals surface area contributed by atoms with Gasteiger partial charge in [0.05, 0.1) is 6.10 Å². The average Bonchev–Trinajstić information content (AvgIpc) is 2.78. The fourth-order valence-electron chi connectivity index (χ4n) is 4.53. The zero-order valence-electron chi connectivity index (χ0n) is 17.0. The first-order valence-corrected chi connectivity index (χ1v) is 10.7. The number of amides is 2.